The number of aromatic nitrogens is 1. The van der Waals surface area contributed by atoms with E-state index in [1.54, 1.807) is 79.3 Å². The molecule has 1 aliphatic rings. The van der Waals surface area contributed by atoms with Crippen molar-refractivity contribution in [2.24, 2.45) is 5.41 Å². The van der Waals surface area contributed by atoms with Gasteiger partial charge < -0.3 is 19.4 Å². The molecule has 3 aromatic rings. The summed E-state index contributed by atoms with van der Waals surface area (Å²) in [6.07, 6.45) is 4.26. The predicted octanol–water partition coefficient (Wildman–Crippen LogP) is 4.35. The van der Waals surface area contributed by atoms with Gasteiger partial charge in [0, 0.05) is 70.8 Å². The third kappa shape index (κ3) is 7.24. The van der Waals surface area contributed by atoms with Gasteiger partial charge in [-0.05, 0) is 75.2 Å². The quantitative estimate of drug-likeness (QED) is 0.226. The lowest BCUT2D eigenvalue weighted by Gasteiger charge is -2.27. The third-order valence-electron chi connectivity index (χ3n) is 7.91. The van der Waals surface area contributed by atoms with Crippen molar-refractivity contribution in [3.8, 4) is 11.8 Å². The van der Waals surface area contributed by atoms with Crippen LogP contribution in [0.3, 0.4) is 0 Å². The zero-order valence-corrected chi connectivity index (χ0v) is 26.1. The number of benzene rings is 2. The molecule has 0 atom stereocenters. The molecule has 0 saturated heterocycles. The van der Waals surface area contributed by atoms with E-state index in [0.29, 0.717) is 61.0 Å². The lowest BCUT2D eigenvalue weighted by atomic mass is 9.90. The highest BCUT2D eigenvalue weighted by molar-refractivity contribution is 6.20. The van der Waals surface area contributed by atoms with Crippen LogP contribution in [0, 0.1) is 16.7 Å². The molecule has 0 spiro atoms. The Hall–Kier alpha value is -4.75. The number of rotatable bonds is 12. The highest BCUT2D eigenvalue weighted by atomic mass is 16.5. The molecule has 2 heterocycles. The minimum Gasteiger partial charge on any atom is -0.493 e. The van der Waals surface area contributed by atoms with Gasteiger partial charge in [0.05, 0.1) is 29.6 Å². The normalized spacial score (nSPS) is 14.2. The van der Waals surface area contributed by atoms with Gasteiger partial charge in [-0.25, -0.2) is 0 Å². The average Bonchev–Trinajstić information content (AvgIpc) is 3.09. The van der Waals surface area contributed by atoms with Crippen molar-refractivity contribution in [2.45, 2.75) is 33.7 Å². The van der Waals surface area contributed by atoms with Crippen LogP contribution < -0.4 is 14.5 Å². The first kappa shape index (κ1) is 32.2. The molecule has 10 heteroatoms. The topological polar surface area (TPSA) is 110 Å². The lowest BCUT2D eigenvalue weighted by molar-refractivity contribution is -0.137. The number of hydrogen-bond acceptors (Lipinski definition) is 7. The van der Waals surface area contributed by atoms with E-state index in [9.17, 15) is 19.6 Å². The van der Waals surface area contributed by atoms with E-state index in [4.69, 9.17) is 4.74 Å². The molecule has 0 aliphatic carbocycles. The zero-order chi connectivity index (χ0) is 31.9. The van der Waals surface area contributed by atoms with Gasteiger partial charge in [-0.3, -0.25) is 24.3 Å². The first-order valence-electron chi connectivity index (χ1n) is 14.8. The Bertz CT molecular complexity index is 1530. The van der Waals surface area contributed by atoms with Crippen LogP contribution in [0.1, 0.15) is 48.7 Å². The van der Waals surface area contributed by atoms with Crippen LogP contribution in [0.25, 0.3) is 0 Å². The molecule has 4 rings (SSSR count). The highest BCUT2D eigenvalue weighted by Gasteiger charge is 2.45. The van der Waals surface area contributed by atoms with Crippen molar-refractivity contribution >= 4 is 29.1 Å². The molecule has 10 nitrogen and oxygen atoms in total. The monoisotopic (exact) mass is 596 g/mol. The van der Waals surface area contributed by atoms with Crippen LogP contribution in [-0.4, -0.2) is 79.4 Å². The molecule has 0 N–H and O–H groups in total. The first-order chi connectivity index (χ1) is 21.1. The molecular weight excluding hydrogens is 556 g/mol. The Balaban J connectivity index is 1.39. The Kier molecular flexibility index (Phi) is 10.3. The van der Waals surface area contributed by atoms with Crippen molar-refractivity contribution < 1.29 is 19.1 Å². The summed E-state index contributed by atoms with van der Waals surface area (Å²) < 4.78 is 6.12. The number of pyridine rings is 1. The molecule has 0 fully saturated rings. The summed E-state index contributed by atoms with van der Waals surface area (Å²) in [6.45, 7) is 8.70. The summed E-state index contributed by atoms with van der Waals surface area (Å²) in [5, 5.41) is 9.18. The van der Waals surface area contributed by atoms with Gasteiger partial charge in [-0.15, -0.1) is 0 Å². The number of nitrogens with zero attached hydrogens (tertiary/aromatic N) is 6. The molecule has 1 aromatic heterocycles. The second kappa shape index (κ2) is 14.1. The molecule has 0 unspecified atom stereocenters. The third-order valence-corrected chi connectivity index (χ3v) is 7.91. The molecule has 0 bridgehead atoms. The summed E-state index contributed by atoms with van der Waals surface area (Å²) in [5.74, 6) is 0.0105. The number of carbonyl (C=O) groups is 3. The maximum atomic E-state index is 13.1. The smallest absolute Gasteiger partial charge is 0.253 e. The summed E-state index contributed by atoms with van der Waals surface area (Å²) in [6, 6.07) is 18.3. The maximum absolute atomic E-state index is 13.1. The van der Waals surface area contributed by atoms with Crippen molar-refractivity contribution in [1.29, 1.82) is 5.26 Å². The van der Waals surface area contributed by atoms with Crippen LogP contribution in [0.5, 0.6) is 5.75 Å². The zero-order valence-electron chi connectivity index (χ0n) is 26.1. The highest BCUT2D eigenvalue weighted by Crippen LogP contribution is 2.40. The van der Waals surface area contributed by atoms with Gasteiger partial charge >= 0.3 is 0 Å². The van der Waals surface area contributed by atoms with Crippen LogP contribution in [0.15, 0.2) is 67.0 Å². The number of amides is 3. The van der Waals surface area contributed by atoms with E-state index in [1.165, 1.54) is 0 Å². The summed E-state index contributed by atoms with van der Waals surface area (Å²) in [5.41, 5.74) is 2.23. The average molecular weight is 597 g/mol. The van der Waals surface area contributed by atoms with E-state index in [1.807, 2.05) is 37.3 Å². The number of likely N-dealkylation sites (N-methyl/N-ethyl adjacent to an activating group) is 1. The second-order valence-corrected chi connectivity index (χ2v) is 11.4. The molecule has 2 aromatic carbocycles. The summed E-state index contributed by atoms with van der Waals surface area (Å²) >= 11 is 0. The predicted molar refractivity (Wildman–Crippen MR) is 169 cm³/mol. The van der Waals surface area contributed by atoms with Crippen molar-refractivity contribution in [3.05, 3.63) is 83.7 Å². The van der Waals surface area contributed by atoms with Gasteiger partial charge in [0.2, 0.25) is 11.8 Å². The van der Waals surface area contributed by atoms with Gasteiger partial charge in [0.1, 0.15) is 11.2 Å². The molecule has 1 aliphatic heterocycles. The van der Waals surface area contributed by atoms with Gasteiger partial charge in [-0.1, -0.05) is 6.07 Å². The van der Waals surface area contributed by atoms with E-state index in [2.05, 4.69) is 16.0 Å². The number of carbonyl (C=O) groups excluding carboxylic acids is 3. The Morgan fingerprint density at radius 1 is 1.00 bits per heavy atom. The minimum atomic E-state index is -1.16. The van der Waals surface area contributed by atoms with E-state index in [-0.39, 0.29) is 17.7 Å². The van der Waals surface area contributed by atoms with Gasteiger partial charge in [0.25, 0.3) is 5.91 Å². The van der Waals surface area contributed by atoms with Gasteiger partial charge in [-0.2, -0.15) is 5.26 Å². The van der Waals surface area contributed by atoms with Crippen LogP contribution >= 0.6 is 0 Å². The summed E-state index contributed by atoms with van der Waals surface area (Å²) in [7, 11) is 3.46. The number of anilines is 2. The Labute approximate surface area is 259 Å². The largest absolute Gasteiger partial charge is 0.493 e. The number of fused-ring (bicyclic) bond motifs is 1. The maximum Gasteiger partial charge on any atom is 0.253 e. The Morgan fingerprint density at radius 3 is 2.45 bits per heavy atom. The molecule has 3 amide bonds. The van der Waals surface area contributed by atoms with E-state index >= 15 is 0 Å². The standard InChI is InChI=1S/C34H40N6O4/c1-6-40-29-12-11-28(22-30(29)38(5)32(42)34(2,3)33(40)43)44-20-8-17-39(24-25-13-15-36-16-14-25)19-18-37(4)31(41)27-10-7-9-26(21-27)23-35/h7,9-16,21-22H,6,8,17-20,24H2,1-5H3. The first-order valence-corrected chi connectivity index (χ1v) is 14.8. The fourth-order valence-electron chi connectivity index (χ4n) is 5.30. The van der Waals surface area contributed by atoms with Crippen LogP contribution in [0.2, 0.25) is 0 Å². The molecule has 0 saturated carbocycles. The Morgan fingerprint density at radius 2 is 1.75 bits per heavy atom. The van der Waals surface area contributed by atoms with Crippen molar-refractivity contribution in [1.82, 2.24) is 14.8 Å². The van der Waals surface area contributed by atoms with Crippen LogP contribution in [0.4, 0.5) is 11.4 Å². The molecular formula is C34H40N6O4. The van der Waals surface area contributed by atoms with Crippen molar-refractivity contribution in [2.75, 3.05) is 56.7 Å². The van der Waals surface area contributed by atoms with E-state index in [0.717, 1.165) is 18.5 Å². The van der Waals surface area contributed by atoms with Crippen LogP contribution in [-0.2, 0) is 16.1 Å². The summed E-state index contributed by atoms with van der Waals surface area (Å²) in [4.78, 5) is 50.5. The fraction of sp³-hybridized carbons (Fsp3) is 0.382. The minimum absolute atomic E-state index is 0.132. The number of ether oxygens (including phenoxy) is 1. The molecule has 230 valence electrons. The number of hydrogen-bond donors (Lipinski definition) is 0. The van der Waals surface area contributed by atoms with Crippen molar-refractivity contribution in [3.63, 3.8) is 0 Å². The van der Waals surface area contributed by atoms with E-state index < -0.39 is 5.41 Å². The number of nitriles is 1. The lowest BCUT2D eigenvalue weighted by Crippen LogP contribution is -2.47. The van der Waals surface area contributed by atoms with Gasteiger partial charge in [0.15, 0.2) is 0 Å². The molecule has 0 radical (unpaired) electrons. The fourth-order valence-corrected chi connectivity index (χ4v) is 5.30. The SMILES string of the molecule is CCN1C(=O)C(C)(C)C(=O)N(C)c2cc(OCCCN(CCN(C)C(=O)c3cccc(C#N)c3)Cc3ccncc3)ccc21. The molecule has 44 heavy (non-hydrogen) atoms. The second-order valence-electron chi connectivity index (χ2n) is 11.4.